The first-order valence-corrected chi connectivity index (χ1v) is 9.79. The van der Waals surface area contributed by atoms with Gasteiger partial charge in [-0.15, -0.1) is 0 Å². The second-order valence-corrected chi connectivity index (χ2v) is 9.60. The predicted octanol–water partition coefficient (Wildman–Crippen LogP) is 1.85. The van der Waals surface area contributed by atoms with Crippen molar-refractivity contribution < 1.29 is 12.8 Å². The molecule has 0 spiro atoms. The Morgan fingerprint density at radius 1 is 1.50 bits per heavy atom. The van der Waals surface area contributed by atoms with E-state index in [4.69, 9.17) is 4.42 Å². The maximum Gasteiger partial charge on any atom is 0.194 e. The predicted molar refractivity (Wildman–Crippen MR) is 97.0 cm³/mol. The minimum absolute atomic E-state index is 0.145. The SMILES string of the molecule is C=C(C)CN=C(NCCc1ccco1)N1CCS(=O)(=O)C(C)(C)C1. The Kier molecular flexibility index (Phi) is 5.74. The van der Waals surface area contributed by atoms with Gasteiger partial charge in [0.15, 0.2) is 15.8 Å². The van der Waals surface area contributed by atoms with Gasteiger partial charge in [0.2, 0.25) is 0 Å². The standard InChI is InChI=1S/C17H27N3O3S/c1-14(2)12-19-16(18-8-7-15-6-5-10-23-15)20-9-11-24(21,22)17(3,4)13-20/h5-6,10H,1,7-9,11-13H2,2-4H3,(H,18,19). The normalized spacial score (nSPS) is 20.0. The van der Waals surface area contributed by atoms with Crippen LogP contribution >= 0.6 is 0 Å². The average Bonchev–Trinajstić information content (AvgIpc) is 2.99. The first-order chi connectivity index (χ1) is 11.2. The summed E-state index contributed by atoms with van der Waals surface area (Å²) in [5.74, 6) is 1.78. The summed E-state index contributed by atoms with van der Waals surface area (Å²) in [6.45, 7) is 11.4. The lowest BCUT2D eigenvalue weighted by molar-refractivity contribution is 0.352. The molecule has 2 heterocycles. The van der Waals surface area contributed by atoms with Crippen LogP contribution in [0.3, 0.4) is 0 Å². The van der Waals surface area contributed by atoms with Crippen LogP contribution in [0.4, 0.5) is 0 Å². The van der Waals surface area contributed by atoms with Crippen molar-refractivity contribution >= 4 is 15.8 Å². The van der Waals surface area contributed by atoms with Crippen LogP contribution in [-0.4, -0.2) is 56.0 Å². The average molecular weight is 353 g/mol. The zero-order valence-electron chi connectivity index (χ0n) is 14.7. The Hall–Kier alpha value is -1.76. The topological polar surface area (TPSA) is 74.9 Å². The van der Waals surface area contributed by atoms with Gasteiger partial charge in [0.1, 0.15) is 5.76 Å². The molecule has 1 N–H and O–H groups in total. The Morgan fingerprint density at radius 2 is 2.25 bits per heavy atom. The number of sulfone groups is 1. The minimum atomic E-state index is -3.07. The molecular weight excluding hydrogens is 326 g/mol. The fourth-order valence-corrected chi connectivity index (χ4v) is 3.92. The van der Waals surface area contributed by atoms with Crippen LogP contribution in [-0.2, 0) is 16.3 Å². The number of hydrogen-bond donors (Lipinski definition) is 1. The monoisotopic (exact) mass is 353 g/mol. The molecule has 7 heteroatoms. The van der Waals surface area contributed by atoms with Crippen molar-refractivity contribution in [1.29, 1.82) is 0 Å². The molecule has 2 rings (SSSR count). The Balaban J connectivity index is 2.05. The summed E-state index contributed by atoms with van der Waals surface area (Å²) in [4.78, 5) is 6.61. The second-order valence-electron chi connectivity index (χ2n) is 6.85. The Bertz CT molecular complexity index is 691. The van der Waals surface area contributed by atoms with Crippen molar-refractivity contribution in [2.45, 2.75) is 31.9 Å². The quantitative estimate of drug-likeness (QED) is 0.497. The van der Waals surface area contributed by atoms with Crippen LogP contribution in [0, 0.1) is 0 Å². The highest BCUT2D eigenvalue weighted by atomic mass is 32.2. The lowest BCUT2D eigenvalue weighted by Gasteiger charge is -2.39. The molecule has 1 aliphatic rings. The molecule has 0 saturated carbocycles. The molecule has 6 nitrogen and oxygen atoms in total. The van der Waals surface area contributed by atoms with Gasteiger partial charge in [-0.3, -0.25) is 0 Å². The van der Waals surface area contributed by atoms with E-state index in [2.05, 4.69) is 16.9 Å². The van der Waals surface area contributed by atoms with Gasteiger partial charge >= 0.3 is 0 Å². The number of guanidine groups is 1. The molecule has 1 fully saturated rings. The molecule has 0 aliphatic carbocycles. The van der Waals surface area contributed by atoms with Gasteiger partial charge in [-0.2, -0.15) is 0 Å². The smallest absolute Gasteiger partial charge is 0.194 e. The summed E-state index contributed by atoms with van der Waals surface area (Å²) in [6.07, 6.45) is 2.40. The summed E-state index contributed by atoms with van der Waals surface area (Å²) < 4.78 is 28.9. The molecule has 0 radical (unpaired) electrons. The van der Waals surface area contributed by atoms with E-state index < -0.39 is 14.6 Å². The molecule has 0 amide bonds. The zero-order chi connectivity index (χ0) is 17.8. The molecule has 0 atom stereocenters. The van der Waals surface area contributed by atoms with Crippen LogP contribution in [0.25, 0.3) is 0 Å². The third-order valence-corrected chi connectivity index (χ3v) is 6.61. The van der Waals surface area contributed by atoms with E-state index in [0.29, 0.717) is 26.2 Å². The number of nitrogens with one attached hydrogen (secondary N) is 1. The largest absolute Gasteiger partial charge is 0.469 e. The number of nitrogens with zero attached hydrogens (tertiary/aromatic N) is 2. The van der Waals surface area contributed by atoms with E-state index in [1.54, 1.807) is 20.1 Å². The highest BCUT2D eigenvalue weighted by molar-refractivity contribution is 7.92. The zero-order valence-corrected chi connectivity index (χ0v) is 15.5. The molecule has 134 valence electrons. The fraction of sp³-hybridized carbons (Fsp3) is 0.588. The maximum atomic E-state index is 12.2. The van der Waals surface area contributed by atoms with Gasteiger partial charge in [0.25, 0.3) is 0 Å². The number of hydrogen-bond acceptors (Lipinski definition) is 4. The summed E-state index contributed by atoms with van der Waals surface area (Å²) >= 11 is 0. The van der Waals surface area contributed by atoms with E-state index >= 15 is 0 Å². The Morgan fingerprint density at radius 3 is 2.83 bits per heavy atom. The van der Waals surface area contributed by atoms with Crippen LogP contribution in [0.5, 0.6) is 0 Å². The van der Waals surface area contributed by atoms with Gasteiger partial charge in [0.05, 0.1) is 23.3 Å². The maximum absolute atomic E-state index is 12.2. The fourth-order valence-electron chi connectivity index (χ4n) is 2.55. The second kappa shape index (κ2) is 7.42. The van der Waals surface area contributed by atoms with Crippen LogP contribution in [0.15, 0.2) is 40.0 Å². The molecule has 0 unspecified atom stereocenters. The van der Waals surface area contributed by atoms with Gasteiger partial charge < -0.3 is 14.6 Å². The first kappa shape index (κ1) is 18.6. The van der Waals surface area contributed by atoms with Crippen molar-refractivity contribution in [3.63, 3.8) is 0 Å². The molecular formula is C17H27N3O3S. The third-order valence-electron chi connectivity index (χ3n) is 4.08. The van der Waals surface area contributed by atoms with Crippen LogP contribution in [0.2, 0.25) is 0 Å². The third kappa shape index (κ3) is 4.63. The molecule has 1 aliphatic heterocycles. The number of aliphatic imine (C=N–C) groups is 1. The summed E-state index contributed by atoms with van der Waals surface area (Å²) in [5, 5.41) is 3.33. The molecule has 1 aromatic rings. The van der Waals surface area contributed by atoms with Gasteiger partial charge in [-0.05, 0) is 32.9 Å². The van der Waals surface area contributed by atoms with Crippen LogP contribution in [0.1, 0.15) is 26.5 Å². The number of furan rings is 1. The van der Waals surface area contributed by atoms with E-state index in [1.165, 1.54) is 0 Å². The van der Waals surface area contributed by atoms with Crippen molar-refractivity contribution in [3.05, 3.63) is 36.3 Å². The van der Waals surface area contributed by atoms with E-state index in [9.17, 15) is 8.42 Å². The van der Waals surface area contributed by atoms with E-state index in [-0.39, 0.29) is 5.75 Å². The molecule has 24 heavy (non-hydrogen) atoms. The van der Waals surface area contributed by atoms with E-state index in [1.807, 2.05) is 24.0 Å². The van der Waals surface area contributed by atoms with Crippen molar-refractivity contribution in [2.24, 2.45) is 4.99 Å². The van der Waals surface area contributed by atoms with Crippen molar-refractivity contribution in [3.8, 4) is 0 Å². The molecule has 1 aromatic heterocycles. The lowest BCUT2D eigenvalue weighted by Crippen LogP contribution is -2.57. The highest BCUT2D eigenvalue weighted by Crippen LogP contribution is 2.23. The summed E-state index contributed by atoms with van der Waals surface area (Å²) in [5.41, 5.74) is 0.962. The van der Waals surface area contributed by atoms with Gasteiger partial charge in [-0.25, -0.2) is 13.4 Å². The minimum Gasteiger partial charge on any atom is -0.469 e. The van der Waals surface area contributed by atoms with E-state index in [0.717, 1.165) is 23.7 Å². The molecule has 1 saturated heterocycles. The van der Waals surface area contributed by atoms with Crippen LogP contribution < -0.4 is 5.32 Å². The first-order valence-electron chi connectivity index (χ1n) is 8.13. The van der Waals surface area contributed by atoms with Gasteiger partial charge in [0, 0.05) is 26.1 Å². The molecule has 0 aromatic carbocycles. The van der Waals surface area contributed by atoms with Crippen molar-refractivity contribution in [1.82, 2.24) is 10.2 Å². The summed E-state index contributed by atoms with van der Waals surface area (Å²) in [6, 6.07) is 3.80. The lowest BCUT2D eigenvalue weighted by atomic mass is 10.2. The summed E-state index contributed by atoms with van der Waals surface area (Å²) in [7, 11) is -3.07. The Labute approximate surface area is 144 Å². The van der Waals surface area contributed by atoms with Crippen molar-refractivity contribution in [2.75, 3.05) is 31.9 Å². The van der Waals surface area contributed by atoms with Gasteiger partial charge in [-0.1, -0.05) is 12.2 Å². The molecule has 0 bridgehead atoms. The highest BCUT2D eigenvalue weighted by Gasteiger charge is 2.40. The number of rotatable bonds is 5.